The summed E-state index contributed by atoms with van der Waals surface area (Å²) in [5.74, 6) is 0. The molecule has 96 valence electrons. The van der Waals surface area contributed by atoms with E-state index in [1.54, 1.807) is 24.3 Å². The van der Waals surface area contributed by atoms with Gasteiger partial charge in [0.2, 0.25) is 0 Å². The molecule has 6 heteroatoms. The molecule has 0 atom stereocenters. The summed E-state index contributed by atoms with van der Waals surface area (Å²) in [7, 11) is -3.49. The molecule has 0 fully saturated rings. The van der Waals surface area contributed by atoms with Crippen LogP contribution < -0.4 is 4.72 Å². The van der Waals surface area contributed by atoms with E-state index in [1.807, 2.05) is 19.1 Å². The van der Waals surface area contributed by atoms with Crippen LogP contribution in [0, 0.1) is 0 Å². The Bertz CT molecular complexity index is 650. The van der Waals surface area contributed by atoms with E-state index in [-0.39, 0.29) is 0 Å². The topological polar surface area (TPSA) is 46.2 Å². The molecule has 1 heterocycles. The van der Waals surface area contributed by atoms with Crippen molar-refractivity contribution in [3.63, 3.8) is 0 Å². The molecule has 0 bridgehead atoms. The van der Waals surface area contributed by atoms with Gasteiger partial charge < -0.3 is 0 Å². The Labute approximate surface area is 119 Å². The molecular formula is C12H12BrNO2S2. The van der Waals surface area contributed by atoms with E-state index in [1.165, 1.54) is 11.3 Å². The van der Waals surface area contributed by atoms with Gasteiger partial charge in [0.25, 0.3) is 10.0 Å². The third kappa shape index (κ3) is 2.93. The fourth-order valence-corrected chi connectivity index (χ4v) is 4.32. The summed E-state index contributed by atoms with van der Waals surface area (Å²) in [6.45, 7) is 2.00. The molecule has 1 N–H and O–H groups in total. The van der Waals surface area contributed by atoms with Gasteiger partial charge in [-0.1, -0.05) is 19.1 Å². The Kier molecular flexibility index (Phi) is 4.09. The molecule has 0 amide bonds. The minimum Gasteiger partial charge on any atom is -0.278 e. The van der Waals surface area contributed by atoms with E-state index < -0.39 is 10.0 Å². The fraction of sp³-hybridized carbons (Fsp3) is 0.167. The molecule has 1 aromatic heterocycles. The second kappa shape index (κ2) is 5.42. The molecule has 2 aromatic rings. The first-order chi connectivity index (χ1) is 8.53. The molecule has 0 unspecified atom stereocenters. The van der Waals surface area contributed by atoms with Gasteiger partial charge in [-0.05, 0) is 46.6 Å². The predicted molar refractivity (Wildman–Crippen MR) is 78.6 cm³/mol. The first kappa shape index (κ1) is 13.6. The standard InChI is InChI=1S/C12H12BrNO2S2/c1-2-9-7-8-12(17-9)18(15,16)14-11-6-4-3-5-10(11)13/h3-8,14H,2H2,1H3. The van der Waals surface area contributed by atoms with Crippen molar-refractivity contribution in [1.29, 1.82) is 0 Å². The molecule has 0 saturated heterocycles. The van der Waals surface area contributed by atoms with Gasteiger partial charge in [-0.3, -0.25) is 4.72 Å². The molecule has 0 saturated carbocycles. The van der Waals surface area contributed by atoms with Gasteiger partial charge in [-0.2, -0.15) is 0 Å². The van der Waals surface area contributed by atoms with E-state index >= 15 is 0 Å². The summed E-state index contributed by atoms with van der Waals surface area (Å²) in [4.78, 5) is 1.06. The summed E-state index contributed by atoms with van der Waals surface area (Å²) in [6.07, 6.45) is 0.842. The maximum Gasteiger partial charge on any atom is 0.271 e. The van der Waals surface area contributed by atoms with E-state index in [4.69, 9.17) is 0 Å². The summed E-state index contributed by atoms with van der Waals surface area (Å²) in [5, 5.41) is 0. The van der Waals surface area contributed by atoms with Crippen molar-refractivity contribution in [2.45, 2.75) is 17.6 Å². The largest absolute Gasteiger partial charge is 0.278 e. The molecule has 0 aliphatic rings. The molecule has 0 spiro atoms. The minimum absolute atomic E-state index is 0.343. The Hall–Kier alpha value is -0.850. The lowest BCUT2D eigenvalue weighted by Crippen LogP contribution is -2.11. The van der Waals surface area contributed by atoms with Gasteiger partial charge >= 0.3 is 0 Å². The molecule has 3 nitrogen and oxygen atoms in total. The zero-order chi connectivity index (χ0) is 13.2. The normalized spacial score (nSPS) is 11.4. The van der Waals surface area contributed by atoms with Crippen LogP contribution >= 0.6 is 27.3 Å². The van der Waals surface area contributed by atoms with Crippen LogP contribution in [0.1, 0.15) is 11.8 Å². The lowest BCUT2D eigenvalue weighted by Gasteiger charge is -2.07. The van der Waals surface area contributed by atoms with Crippen LogP contribution in [0.25, 0.3) is 0 Å². The number of anilines is 1. The summed E-state index contributed by atoms with van der Waals surface area (Å²) in [6, 6.07) is 10.6. The second-order valence-electron chi connectivity index (χ2n) is 3.66. The fourth-order valence-electron chi connectivity index (χ4n) is 1.43. The van der Waals surface area contributed by atoms with Gasteiger partial charge in [-0.15, -0.1) is 11.3 Å². The highest BCUT2D eigenvalue weighted by atomic mass is 79.9. The van der Waals surface area contributed by atoms with Crippen LogP contribution in [0.4, 0.5) is 5.69 Å². The number of aryl methyl sites for hydroxylation is 1. The van der Waals surface area contributed by atoms with Crippen LogP contribution in [-0.2, 0) is 16.4 Å². The Morgan fingerprint density at radius 3 is 2.56 bits per heavy atom. The van der Waals surface area contributed by atoms with Crippen molar-refractivity contribution in [1.82, 2.24) is 0 Å². The predicted octanol–water partition coefficient (Wildman–Crippen LogP) is 3.87. The average Bonchev–Trinajstić information content (AvgIpc) is 2.81. The van der Waals surface area contributed by atoms with Gasteiger partial charge in [-0.25, -0.2) is 8.42 Å². The third-order valence-corrected chi connectivity index (χ3v) is 6.15. The number of hydrogen-bond acceptors (Lipinski definition) is 3. The molecule has 0 aliphatic carbocycles. The van der Waals surface area contributed by atoms with Crippen LogP contribution in [0.15, 0.2) is 45.1 Å². The molecular weight excluding hydrogens is 334 g/mol. The van der Waals surface area contributed by atoms with Crippen molar-refractivity contribution in [2.75, 3.05) is 4.72 Å². The number of sulfonamides is 1. The van der Waals surface area contributed by atoms with E-state index in [0.717, 1.165) is 15.8 Å². The Balaban J connectivity index is 2.30. The molecule has 18 heavy (non-hydrogen) atoms. The van der Waals surface area contributed by atoms with E-state index in [0.29, 0.717) is 9.90 Å². The zero-order valence-corrected chi connectivity index (χ0v) is 12.9. The lowest BCUT2D eigenvalue weighted by molar-refractivity contribution is 0.603. The summed E-state index contributed by atoms with van der Waals surface area (Å²) in [5.41, 5.74) is 0.545. The number of hydrogen-bond donors (Lipinski definition) is 1. The number of thiophene rings is 1. The third-order valence-electron chi connectivity index (χ3n) is 2.37. The molecule has 1 aromatic carbocycles. The maximum absolute atomic E-state index is 12.2. The molecule has 2 rings (SSSR count). The number of nitrogens with one attached hydrogen (secondary N) is 1. The molecule has 0 radical (unpaired) electrons. The highest BCUT2D eigenvalue weighted by molar-refractivity contribution is 9.10. The van der Waals surface area contributed by atoms with Crippen molar-refractivity contribution < 1.29 is 8.42 Å². The quantitative estimate of drug-likeness (QED) is 0.913. The minimum atomic E-state index is -3.49. The second-order valence-corrected chi connectivity index (χ2v) is 7.59. The number of para-hydroxylation sites is 1. The number of benzene rings is 1. The van der Waals surface area contributed by atoms with Crippen molar-refractivity contribution in [3.8, 4) is 0 Å². The highest BCUT2D eigenvalue weighted by Crippen LogP contribution is 2.27. The smallest absolute Gasteiger partial charge is 0.271 e. The Morgan fingerprint density at radius 1 is 1.22 bits per heavy atom. The Morgan fingerprint density at radius 2 is 1.94 bits per heavy atom. The first-order valence-corrected chi connectivity index (χ1v) is 8.48. The van der Waals surface area contributed by atoms with Crippen LogP contribution in [0.3, 0.4) is 0 Å². The van der Waals surface area contributed by atoms with Crippen LogP contribution in [0.2, 0.25) is 0 Å². The maximum atomic E-state index is 12.2. The van der Waals surface area contributed by atoms with Crippen molar-refractivity contribution in [3.05, 3.63) is 45.7 Å². The van der Waals surface area contributed by atoms with E-state index in [2.05, 4.69) is 20.7 Å². The number of halogens is 1. The SMILES string of the molecule is CCc1ccc(S(=O)(=O)Nc2ccccc2Br)s1. The van der Waals surface area contributed by atoms with Gasteiger partial charge in [0.15, 0.2) is 0 Å². The van der Waals surface area contributed by atoms with Crippen LogP contribution in [-0.4, -0.2) is 8.42 Å². The van der Waals surface area contributed by atoms with Gasteiger partial charge in [0, 0.05) is 9.35 Å². The first-order valence-electron chi connectivity index (χ1n) is 5.39. The van der Waals surface area contributed by atoms with Crippen molar-refractivity contribution >= 4 is 43.0 Å². The average molecular weight is 346 g/mol. The lowest BCUT2D eigenvalue weighted by atomic mass is 10.3. The number of rotatable bonds is 4. The van der Waals surface area contributed by atoms with Crippen LogP contribution in [0.5, 0.6) is 0 Å². The van der Waals surface area contributed by atoms with Crippen molar-refractivity contribution in [2.24, 2.45) is 0 Å². The molecule has 0 aliphatic heterocycles. The highest BCUT2D eigenvalue weighted by Gasteiger charge is 2.17. The summed E-state index contributed by atoms with van der Waals surface area (Å²) < 4.78 is 28.0. The summed E-state index contributed by atoms with van der Waals surface area (Å²) >= 11 is 4.62. The monoisotopic (exact) mass is 345 g/mol. The zero-order valence-electron chi connectivity index (χ0n) is 9.68. The van der Waals surface area contributed by atoms with Gasteiger partial charge in [0.05, 0.1) is 5.69 Å². The van der Waals surface area contributed by atoms with Gasteiger partial charge in [0.1, 0.15) is 4.21 Å². The van der Waals surface area contributed by atoms with E-state index in [9.17, 15) is 8.42 Å².